The van der Waals surface area contributed by atoms with E-state index in [1.807, 2.05) is 0 Å². The first-order chi connectivity index (χ1) is 9.81. The van der Waals surface area contributed by atoms with Gasteiger partial charge in [0, 0.05) is 34.3 Å². The predicted molar refractivity (Wildman–Crippen MR) is 104 cm³/mol. The van der Waals surface area contributed by atoms with Crippen molar-refractivity contribution in [2.45, 2.75) is 57.7 Å². The first-order valence-corrected chi connectivity index (χ1v) is 11.4. The SMILES string of the molecule is CC(C)[SiH](C(C)C)C(C)Cc1[nH]c2cc(Br)ccc2c1Br. The van der Waals surface area contributed by atoms with Gasteiger partial charge in [-0.25, -0.2) is 0 Å². The van der Waals surface area contributed by atoms with Crippen LogP contribution < -0.4 is 0 Å². The van der Waals surface area contributed by atoms with Gasteiger partial charge in [0.25, 0.3) is 0 Å². The van der Waals surface area contributed by atoms with E-state index in [4.69, 9.17) is 0 Å². The van der Waals surface area contributed by atoms with Gasteiger partial charge >= 0.3 is 0 Å². The number of rotatable bonds is 5. The molecule has 0 aliphatic carbocycles. The second-order valence-corrected chi connectivity index (χ2v) is 13.5. The lowest BCUT2D eigenvalue weighted by Gasteiger charge is -2.29. The van der Waals surface area contributed by atoms with Crippen LogP contribution in [0.2, 0.25) is 16.6 Å². The van der Waals surface area contributed by atoms with E-state index in [9.17, 15) is 0 Å². The highest BCUT2D eigenvalue weighted by Crippen LogP contribution is 2.36. The summed E-state index contributed by atoms with van der Waals surface area (Å²) in [6.07, 6.45) is 1.15. The second-order valence-electron chi connectivity index (χ2n) is 6.85. The Morgan fingerprint density at radius 2 is 1.67 bits per heavy atom. The van der Waals surface area contributed by atoms with E-state index in [0.29, 0.717) is 0 Å². The van der Waals surface area contributed by atoms with E-state index in [2.05, 4.69) is 89.7 Å². The largest absolute Gasteiger partial charge is 0.357 e. The van der Waals surface area contributed by atoms with Gasteiger partial charge < -0.3 is 4.98 Å². The van der Waals surface area contributed by atoms with E-state index in [0.717, 1.165) is 27.5 Å². The monoisotopic (exact) mass is 429 g/mol. The summed E-state index contributed by atoms with van der Waals surface area (Å²) >= 11 is 7.35. The summed E-state index contributed by atoms with van der Waals surface area (Å²) < 4.78 is 2.37. The Kier molecular flexibility index (Phi) is 5.77. The molecule has 1 aromatic carbocycles. The minimum atomic E-state index is -0.770. The smallest absolute Gasteiger partial charge is 0.0479 e. The summed E-state index contributed by atoms with van der Waals surface area (Å²) in [7, 11) is -0.770. The van der Waals surface area contributed by atoms with Crippen molar-refractivity contribution in [1.82, 2.24) is 4.98 Å². The summed E-state index contributed by atoms with van der Waals surface area (Å²) in [5.41, 5.74) is 5.09. The Hall–Kier alpha value is -0.0631. The van der Waals surface area contributed by atoms with Crippen LogP contribution in [-0.4, -0.2) is 13.8 Å². The topological polar surface area (TPSA) is 15.8 Å². The number of benzene rings is 1. The number of fused-ring (bicyclic) bond motifs is 1. The molecule has 0 amide bonds. The van der Waals surface area contributed by atoms with Gasteiger partial charge in [-0.1, -0.05) is 67.7 Å². The van der Waals surface area contributed by atoms with Crippen molar-refractivity contribution in [2.75, 3.05) is 0 Å². The molecule has 2 aromatic rings. The van der Waals surface area contributed by atoms with Gasteiger partial charge in [-0.2, -0.15) is 0 Å². The van der Waals surface area contributed by atoms with Gasteiger partial charge in [0.1, 0.15) is 0 Å². The van der Waals surface area contributed by atoms with Crippen molar-refractivity contribution < 1.29 is 0 Å². The molecular formula is C17H25Br2NSi. The molecule has 4 heteroatoms. The lowest BCUT2D eigenvalue weighted by molar-refractivity contribution is 0.795. The molecule has 0 saturated heterocycles. The highest BCUT2D eigenvalue weighted by atomic mass is 79.9. The van der Waals surface area contributed by atoms with Crippen LogP contribution >= 0.6 is 31.9 Å². The minimum absolute atomic E-state index is 0.770. The van der Waals surface area contributed by atoms with Gasteiger partial charge in [0.2, 0.25) is 0 Å². The third-order valence-corrected chi connectivity index (χ3v) is 10.5. The third-order valence-electron chi connectivity index (χ3n) is 4.49. The number of hydrogen-bond donors (Lipinski definition) is 1. The highest BCUT2D eigenvalue weighted by Gasteiger charge is 2.27. The average molecular weight is 431 g/mol. The molecule has 21 heavy (non-hydrogen) atoms. The second kappa shape index (κ2) is 7.01. The van der Waals surface area contributed by atoms with Crippen LogP contribution in [-0.2, 0) is 6.42 Å². The van der Waals surface area contributed by atoms with Crippen molar-refractivity contribution in [1.29, 1.82) is 0 Å². The number of halogens is 2. The summed E-state index contributed by atoms with van der Waals surface area (Å²) in [4.78, 5) is 3.61. The van der Waals surface area contributed by atoms with E-state index in [1.165, 1.54) is 21.1 Å². The van der Waals surface area contributed by atoms with E-state index in [1.54, 1.807) is 0 Å². The highest BCUT2D eigenvalue weighted by molar-refractivity contribution is 9.11. The summed E-state index contributed by atoms with van der Waals surface area (Å²) in [5.74, 6) is 0. The molecular weight excluding hydrogens is 406 g/mol. The molecule has 0 bridgehead atoms. The average Bonchev–Trinajstić information content (AvgIpc) is 2.64. The maximum atomic E-state index is 3.80. The number of aromatic nitrogens is 1. The van der Waals surface area contributed by atoms with Crippen LogP contribution in [0, 0.1) is 0 Å². The fourth-order valence-corrected chi connectivity index (χ4v) is 9.52. The lowest BCUT2D eigenvalue weighted by Crippen LogP contribution is -2.27. The minimum Gasteiger partial charge on any atom is -0.357 e. The lowest BCUT2D eigenvalue weighted by atomic mass is 10.2. The molecule has 116 valence electrons. The van der Waals surface area contributed by atoms with Crippen LogP contribution in [0.4, 0.5) is 0 Å². The molecule has 0 spiro atoms. The maximum absolute atomic E-state index is 3.80. The Morgan fingerprint density at radius 1 is 1.05 bits per heavy atom. The van der Waals surface area contributed by atoms with Gasteiger partial charge in [-0.3, -0.25) is 0 Å². The number of aromatic amines is 1. The van der Waals surface area contributed by atoms with Gasteiger partial charge in [0.15, 0.2) is 0 Å². The Balaban J connectivity index is 2.28. The van der Waals surface area contributed by atoms with Crippen molar-refractivity contribution in [3.8, 4) is 0 Å². The molecule has 0 saturated carbocycles. The molecule has 0 fully saturated rings. The standard InChI is InChI=1S/C17H25Br2NSi/c1-10(2)21(11(3)4)12(5)8-16-17(19)14-7-6-13(18)9-15(14)20-16/h6-7,9-12,20-21H,8H2,1-5H3. The van der Waals surface area contributed by atoms with Crippen molar-refractivity contribution >= 4 is 51.6 Å². The van der Waals surface area contributed by atoms with Crippen LogP contribution in [0.5, 0.6) is 0 Å². The van der Waals surface area contributed by atoms with Crippen molar-refractivity contribution in [2.24, 2.45) is 0 Å². The normalized spacial score (nSPS) is 13.8. The molecule has 1 unspecified atom stereocenters. The quantitative estimate of drug-likeness (QED) is 0.509. The first kappa shape index (κ1) is 17.3. The molecule has 1 heterocycles. The molecule has 1 nitrogen and oxygen atoms in total. The van der Waals surface area contributed by atoms with Gasteiger partial charge in [0.05, 0.1) is 0 Å². The Morgan fingerprint density at radius 3 is 2.24 bits per heavy atom. The van der Waals surface area contributed by atoms with Gasteiger partial charge in [-0.15, -0.1) is 0 Å². The fraction of sp³-hybridized carbons (Fsp3) is 0.529. The fourth-order valence-electron chi connectivity index (χ4n) is 3.87. The van der Waals surface area contributed by atoms with Crippen molar-refractivity contribution in [3.05, 3.63) is 32.8 Å². The summed E-state index contributed by atoms with van der Waals surface area (Å²) in [5, 5.41) is 1.28. The number of nitrogens with one attached hydrogen (secondary N) is 1. The van der Waals surface area contributed by atoms with Crippen molar-refractivity contribution in [3.63, 3.8) is 0 Å². The maximum Gasteiger partial charge on any atom is 0.0479 e. The molecule has 1 N–H and O–H groups in total. The molecule has 0 aliphatic heterocycles. The van der Waals surface area contributed by atoms with Gasteiger partial charge in [-0.05, 0) is 40.0 Å². The Bertz CT molecular complexity index is 611. The first-order valence-electron chi connectivity index (χ1n) is 7.76. The van der Waals surface area contributed by atoms with E-state index in [-0.39, 0.29) is 0 Å². The molecule has 0 radical (unpaired) electrons. The van der Waals surface area contributed by atoms with Crippen LogP contribution in [0.3, 0.4) is 0 Å². The predicted octanol–water partition coefficient (Wildman–Crippen LogP) is 6.67. The third kappa shape index (κ3) is 3.83. The zero-order chi connectivity index (χ0) is 15.7. The van der Waals surface area contributed by atoms with E-state index >= 15 is 0 Å². The molecule has 1 atom stereocenters. The van der Waals surface area contributed by atoms with Crippen LogP contribution in [0.1, 0.15) is 40.3 Å². The summed E-state index contributed by atoms with van der Waals surface area (Å²) in [6.45, 7) is 12.1. The molecule has 2 rings (SSSR count). The Labute approximate surface area is 146 Å². The molecule has 1 aromatic heterocycles. The van der Waals surface area contributed by atoms with Crippen LogP contribution in [0.25, 0.3) is 10.9 Å². The number of hydrogen-bond acceptors (Lipinski definition) is 0. The zero-order valence-corrected chi connectivity index (χ0v) is 17.8. The molecule has 0 aliphatic rings. The zero-order valence-electron chi connectivity index (χ0n) is 13.5. The number of H-pyrrole nitrogens is 1. The van der Waals surface area contributed by atoms with E-state index < -0.39 is 8.80 Å². The summed E-state index contributed by atoms with van der Waals surface area (Å²) in [6, 6.07) is 6.44. The van der Waals surface area contributed by atoms with Crippen LogP contribution in [0.15, 0.2) is 27.1 Å².